The van der Waals surface area contributed by atoms with Gasteiger partial charge in [0.2, 0.25) is 0 Å². The lowest BCUT2D eigenvalue weighted by Crippen LogP contribution is -2.13. The van der Waals surface area contributed by atoms with Crippen molar-refractivity contribution in [3.8, 4) is 0 Å². The molecule has 0 spiro atoms. The fraction of sp³-hybridized carbons (Fsp3) is 0.455. The zero-order valence-corrected chi connectivity index (χ0v) is 11.0. The zero-order valence-electron chi connectivity index (χ0n) is 9.14. The van der Waals surface area contributed by atoms with Crippen molar-refractivity contribution in [1.29, 1.82) is 0 Å². The molecule has 1 aromatic rings. The second-order valence-electron chi connectivity index (χ2n) is 4.48. The standard InChI is InChI=1S/C11H18SSi/c1-9-6-7-10(2)11(8-9)12-13(3,4)5/h6-8H,1-5H3. The van der Waals surface area contributed by atoms with E-state index in [-0.39, 0.29) is 0 Å². The Balaban J connectivity index is 2.94. The maximum Gasteiger partial charge on any atom is 0.114 e. The van der Waals surface area contributed by atoms with E-state index in [1.54, 1.807) is 0 Å². The van der Waals surface area contributed by atoms with Crippen LogP contribution in [0.4, 0.5) is 0 Å². The first-order valence-corrected chi connectivity index (χ1v) is 9.69. The van der Waals surface area contributed by atoms with Gasteiger partial charge in [0.1, 0.15) is 7.22 Å². The Kier molecular flexibility index (Phi) is 3.25. The van der Waals surface area contributed by atoms with Gasteiger partial charge in [-0.25, -0.2) is 0 Å². The minimum absolute atomic E-state index is 1.04. The van der Waals surface area contributed by atoms with Gasteiger partial charge in [0.25, 0.3) is 0 Å². The van der Waals surface area contributed by atoms with Crippen molar-refractivity contribution >= 4 is 18.4 Å². The van der Waals surface area contributed by atoms with Gasteiger partial charge in [-0.05, 0) is 25.5 Å². The van der Waals surface area contributed by atoms with Crippen molar-refractivity contribution in [3.05, 3.63) is 29.3 Å². The minimum Gasteiger partial charge on any atom is -0.151 e. The van der Waals surface area contributed by atoms with Crippen LogP contribution in [0.1, 0.15) is 11.1 Å². The largest absolute Gasteiger partial charge is 0.151 e. The van der Waals surface area contributed by atoms with Crippen LogP contribution in [0.15, 0.2) is 23.1 Å². The summed E-state index contributed by atoms with van der Waals surface area (Å²) in [5, 5.41) is 0. The van der Waals surface area contributed by atoms with E-state index in [1.807, 2.05) is 0 Å². The first-order valence-electron chi connectivity index (χ1n) is 4.65. The predicted octanol–water partition coefficient (Wildman–Crippen LogP) is 4.23. The molecule has 0 aromatic heterocycles. The van der Waals surface area contributed by atoms with E-state index < -0.39 is 7.22 Å². The summed E-state index contributed by atoms with van der Waals surface area (Å²) in [6, 6.07) is 6.71. The van der Waals surface area contributed by atoms with Gasteiger partial charge in [-0.15, -0.1) is 0 Å². The number of benzene rings is 1. The van der Waals surface area contributed by atoms with Gasteiger partial charge >= 0.3 is 0 Å². The second-order valence-corrected chi connectivity index (χ2v) is 13.6. The van der Waals surface area contributed by atoms with Crippen molar-refractivity contribution in [2.75, 3.05) is 0 Å². The quantitative estimate of drug-likeness (QED) is 0.658. The van der Waals surface area contributed by atoms with Crippen molar-refractivity contribution in [3.63, 3.8) is 0 Å². The summed E-state index contributed by atoms with van der Waals surface area (Å²) in [4.78, 5) is 1.47. The fourth-order valence-electron chi connectivity index (χ4n) is 1.15. The highest BCUT2D eigenvalue weighted by Gasteiger charge is 2.15. The molecule has 0 aliphatic carbocycles. The van der Waals surface area contributed by atoms with E-state index in [0.29, 0.717) is 0 Å². The summed E-state index contributed by atoms with van der Waals surface area (Å²) in [5.74, 6) is 0. The molecule has 0 saturated carbocycles. The van der Waals surface area contributed by atoms with E-state index in [1.165, 1.54) is 16.0 Å². The second kappa shape index (κ2) is 3.89. The molecule has 0 aliphatic rings. The van der Waals surface area contributed by atoms with Crippen LogP contribution in [0.2, 0.25) is 19.6 Å². The summed E-state index contributed by atoms with van der Waals surface area (Å²) >= 11 is 2.08. The SMILES string of the molecule is Cc1ccc(C)c(S[Si](C)(C)C)c1. The molecule has 72 valence electrons. The van der Waals surface area contributed by atoms with Gasteiger partial charge in [-0.2, -0.15) is 11.2 Å². The molecule has 2 heteroatoms. The van der Waals surface area contributed by atoms with Crippen LogP contribution in [0.3, 0.4) is 0 Å². The van der Waals surface area contributed by atoms with Crippen molar-refractivity contribution in [1.82, 2.24) is 0 Å². The Morgan fingerprint density at radius 1 is 1.08 bits per heavy atom. The molecular formula is C11H18SSi. The molecule has 0 atom stereocenters. The molecule has 0 unspecified atom stereocenters. The van der Waals surface area contributed by atoms with Crippen molar-refractivity contribution in [2.45, 2.75) is 38.4 Å². The normalized spacial score (nSPS) is 11.8. The Morgan fingerprint density at radius 3 is 2.23 bits per heavy atom. The molecule has 0 N–H and O–H groups in total. The molecule has 0 nitrogen and oxygen atoms in total. The summed E-state index contributed by atoms with van der Waals surface area (Å²) in [7, 11) is -1.04. The van der Waals surface area contributed by atoms with Crippen LogP contribution in [-0.2, 0) is 0 Å². The molecule has 0 aliphatic heterocycles. The van der Waals surface area contributed by atoms with Crippen LogP contribution in [0.5, 0.6) is 0 Å². The Morgan fingerprint density at radius 2 is 1.69 bits per heavy atom. The van der Waals surface area contributed by atoms with Crippen molar-refractivity contribution in [2.24, 2.45) is 0 Å². The lowest BCUT2D eigenvalue weighted by molar-refractivity contribution is 1.27. The molecule has 13 heavy (non-hydrogen) atoms. The molecular weight excluding hydrogens is 192 g/mol. The lowest BCUT2D eigenvalue weighted by Gasteiger charge is -2.17. The van der Waals surface area contributed by atoms with Crippen LogP contribution in [0, 0.1) is 13.8 Å². The highest BCUT2D eigenvalue weighted by atomic mass is 32.4. The summed E-state index contributed by atoms with van der Waals surface area (Å²) in [6.45, 7) is 11.5. The lowest BCUT2D eigenvalue weighted by atomic mass is 10.2. The van der Waals surface area contributed by atoms with Gasteiger partial charge in [-0.1, -0.05) is 37.3 Å². The summed E-state index contributed by atoms with van der Waals surface area (Å²) < 4.78 is 0. The number of hydrogen-bond acceptors (Lipinski definition) is 1. The van der Waals surface area contributed by atoms with Gasteiger partial charge in [-0.3, -0.25) is 0 Å². The number of rotatable bonds is 2. The Bertz CT molecular complexity index is 299. The highest BCUT2D eigenvalue weighted by Crippen LogP contribution is 2.31. The van der Waals surface area contributed by atoms with Crippen LogP contribution in [0.25, 0.3) is 0 Å². The minimum atomic E-state index is -1.04. The fourth-order valence-corrected chi connectivity index (χ4v) is 4.92. The molecule has 1 rings (SSSR count). The smallest absolute Gasteiger partial charge is 0.114 e. The Labute approximate surface area is 86.4 Å². The maximum absolute atomic E-state index is 2.39. The van der Waals surface area contributed by atoms with Gasteiger partial charge < -0.3 is 0 Å². The molecule has 0 bridgehead atoms. The molecule has 1 aromatic carbocycles. The molecule has 0 radical (unpaired) electrons. The van der Waals surface area contributed by atoms with E-state index in [2.05, 4.69) is 62.9 Å². The van der Waals surface area contributed by atoms with E-state index in [4.69, 9.17) is 0 Å². The average molecular weight is 210 g/mol. The molecule has 0 fully saturated rings. The summed E-state index contributed by atoms with van der Waals surface area (Å²) in [6.07, 6.45) is 0. The van der Waals surface area contributed by atoms with E-state index in [0.717, 1.165) is 0 Å². The van der Waals surface area contributed by atoms with Gasteiger partial charge in [0.05, 0.1) is 0 Å². The third-order valence-corrected chi connectivity index (χ3v) is 5.53. The maximum atomic E-state index is 2.39. The van der Waals surface area contributed by atoms with E-state index in [9.17, 15) is 0 Å². The molecule has 0 amide bonds. The third kappa shape index (κ3) is 3.57. The monoisotopic (exact) mass is 210 g/mol. The number of hydrogen-bond donors (Lipinski definition) is 0. The third-order valence-electron chi connectivity index (χ3n) is 1.76. The zero-order chi connectivity index (χ0) is 10.1. The molecule has 0 heterocycles. The topological polar surface area (TPSA) is 0 Å². The van der Waals surface area contributed by atoms with Crippen LogP contribution < -0.4 is 0 Å². The first-order chi connectivity index (χ1) is 5.88. The highest BCUT2D eigenvalue weighted by molar-refractivity contribution is 8.28. The van der Waals surface area contributed by atoms with Crippen LogP contribution >= 0.6 is 11.2 Å². The number of aryl methyl sites for hydroxylation is 2. The van der Waals surface area contributed by atoms with Gasteiger partial charge in [0, 0.05) is 4.90 Å². The van der Waals surface area contributed by atoms with Gasteiger partial charge in [0.15, 0.2) is 0 Å². The average Bonchev–Trinajstić information content (AvgIpc) is 1.94. The molecule has 0 saturated heterocycles. The van der Waals surface area contributed by atoms with E-state index >= 15 is 0 Å². The predicted molar refractivity (Wildman–Crippen MR) is 65.1 cm³/mol. The van der Waals surface area contributed by atoms with Crippen LogP contribution in [-0.4, -0.2) is 7.22 Å². The Hall–Kier alpha value is -0.213. The summed E-state index contributed by atoms with van der Waals surface area (Å²) in [5.41, 5.74) is 2.78. The van der Waals surface area contributed by atoms with Crippen molar-refractivity contribution < 1.29 is 0 Å². The first kappa shape index (κ1) is 10.9.